The maximum absolute atomic E-state index is 11.6. The summed E-state index contributed by atoms with van der Waals surface area (Å²) in [4.78, 5) is 35.5. The van der Waals surface area contributed by atoms with Gasteiger partial charge in [0.1, 0.15) is 6.04 Å². The van der Waals surface area contributed by atoms with E-state index in [1.165, 1.54) is 0 Å². The van der Waals surface area contributed by atoms with Gasteiger partial charge >= 0.3 is 12.0 Å². The Bertz CT molecular complexity index is 348. The molecule has 1 fully saturated rings. The van der Waals surface area contributed by atoms with Crippen molar-refractivity contribution >= 4 is 17.9 Å². The number of carboxylic acids is 1. The molecule has 19 heavy (non-hydrogen) atoms. The van der Waals surface area contributed by atoms with Crippen LogP contribution in [0.25, 0.3) is 0 Å². The zero-order valence-electron chi connectivity index (χ0n) is 10.9. The van der Waals surface area contributed by atoms with Gasteiger partial charge in [0.25, 0.3) is 0 Å². The third kappa shape index (κ3) is 5.23. The average Bonchev–Trinajstić information content (AvgIpc) is 2.36. The molecule has 0 aliphatic carbocycles. The smallest absolute Gasteiger partial charge is 0.322 e. The summed E-state index contributed by atoms with van der Waals surface area (Å²) in [5, 5.41) is 16.7. The molecule has 0 saturated carbocycles. The lowest BCUT2D eigenvalue weighted by Gasteiger charge is -2.32. The minimum absolute atomic E-state index is 0.0990. The van der Waals surface area contributed by atoms with Crippen LogP contribution >= 0.6 is 0 Å². The van der Waals surface area contributed by atoms with Gasteiger partial charge < -0.3 is 15.7 Å². The van der Waals surface area contributed by atoms with E-state index in [4.69, 9.17) is 5.11 Å². The summed E-state index contributed by atoms with van der Waals surface area (Å²) < 4.78 is 0. The highest BCUT2D eigenvalue weighted by Gasteiger charge is 2.29. The highest BCUT2D eigenvalue weighted by atomic mass is 16.4. The Hall–Kier alpha value is -1.67. The summed E-state index contributed by atoms with van der Waals surface area (Å²) >= 11 is 0. The molecule has 3 amide bonds. The fraction of sp³-hybridized carbons (Fsp3) is 0.727. The highest BCUT2D eigenvalue weighted by molar-refractivity contribution is 5.95. The molecule has 0 aromatic carbocycles. The SMILES string of the molecule is CCCNC(=O)NC(=O)CN1CCNCC1C(=O)O. The van der Waals surface area contributed by atoms with E-state index in [0.717, 1.165) is 6.42 Å². The van der Waals surface area contributed by atoms with Gasteiger partial charge in [-0.25, -0.2) is 4.79 Å². The standard InChI is InChI=1S/C11H20N4O4/c1-2-3-13-11(19)14-9(16)7-15-5-4-12-6-8(15)10(17)18/h8,12H,2-7H2,1H3,(H,17,18)(H2,13,14,16,19). The second kappa shape index (κ2) is 7.70. The minimum atomic E-state index is -0.976. The lowest BCUT2D eigenvalue weighted by Crippen LogP contribution is -2.57. The number of aliphatic carboxylic acids is 1. The van der Waals surface area contributed by atoms with E-state index in [-0.39, 0.29) is 6.54 Å². The number of imide groups is 1. The van der Waals surface area contributed by atoms with E-state index in [1.807, 2.05) is 6.92 Å². The predicted octanol–water partition coefficient (Wildman–Crippen LogP) is -1.42. The summed E-state index contributed by atoms with van der Waals surface area (Å²) in [6.07, 6.45) is 0.778. The van der Waals surface area contributed by atoms with Crippen molar-refractivity contribution in [2.24, 2.45) is 0 Å². The Morgan fingerprint density at radius 1 is 1.42 bits per heavy atom. The van der Waals surface area contributed by atoms with Crippen LogP contribution in [0.3, 0.4) is 0 Å². The summed E-state index contributed by atoms with van der Waals surface area (Å²) in [6.45, 7) is 3.67. The molecule has 1 saturated heterocycles. The molecule has 0 aromatic heterocycles. The molecule has 1 rings (SSSR count). The average molecular weight is 272 g/mol. The van der Waals surface area contributed by atoms with Crippen molar-refractivity contribution in [2.75, 3.05) is 32.7 Å². The van der Waals surface area contributed by atoms with Crippen LogP contribution in [0.2, 0.25) is 0 Å². The molecule has 108 valence electrons. The first-order chi connectivity index (χ1) is 9.04. The Balaban J connectivity index is 2.41. The van der Waals surface area contributed by atoms with Gasteiger partial charge in [0.2, 0.25) is 5.91 Å². The number of nitrogens with zero attached hydrogens (tertiary/aromatic N) is 1. The van der Waals surface area contributed by atoms with Gasteiger partial charge in [-0.3, -0.25) is 19.8 Å². The third-order valence-corrected chi connectivity index (χ3v) is 2.77. The van der Waals surface area contributed by atoms with Crippen molar-refractivity contribution in [1.29, 1.82) is 0 Å². The summed E-state index contributed by atoms with van der Waals surface area (Å²) in [7, 11) is 0. The lowest BCUT2D eigenvalue weighted by molar-refractivity contribution is -0.144. The van der Waals surface area contributed by atoms with E-state index in [1.54, 1.807) is 4.90 Å². The zero-order chi connectivity index (χ0) is 14.3. The van der Waals surface area contributed by atoms with Gasteiger partial charge in [0.05, 0.1) is 6.54 Å². The molecule has 8 nitrogen and oxygen atoms in total. The molecular formula is C11H20N4O4. The fourth-order valence-corrected chi connectivity index (χ4v) is 1.81. The van der Waals surface area contributed by atoms with Crippen LogP contribution in [0.15, 0.2) is 0 Å². The largest absolute Gasteiger partial charge is 0.480 e. The van der Waals surface area contributed by atoms with Gasteiger partial charge in [-0.15, -0.1) is 0 Å². The second-order valence-corrected chi connectivity index (χ2v) is 4.33. The molecule has 8 heteroatoms. The Kier molecular flexibility index (Phi) is 6.23. The van der Waals surface area contributed by atoms with E-state index in [0.29, 0.717) is 26.2 Å². The first kappa shape index (κ1) is 15.4. The Morgan fingerprint density at radius 3 is 2.79 bits per heavy atom. The number of urea groups is 1. The quantitative estimate of drug-likeness (QED) is 0.489. The van der Waals surface area contributed by atoms with Gasteiger partial charge in [-0.05, 0) is 6.42 Å². The molecule has 0 spiro atoms. The van der Waals surface area contributed by atoms with E-state index in [9.17, 15) is 14.4 Å². The molecule has 0 bridgehead atoms. The number of hydrogen-bond donors (Lipinski definition) is 4. The zero-order valence-corrected chi connectivity index (χ0v) is 10.9. The van der Waals surface area contributed by atoms with Crippen LogP contribution in [0.5, 0.6) is 0 Å². The fourth-order valence-electron chi connectivity index (χ4n) is 1.81. The number of amides is 3. The first-order valence-corrected chi connectivity index (χ1v) is 6.29. The number of rotatable bonds is 5. The van der Waals surface area contributed by atoms with Crippen molar-refractivity contribution in [3.63, 3.8) is 0 Å². The first-order valence-electron chi connectivity index (χ1n) is 6.29. The molecule has 1 aliphatic rings. The van der Waals surface area contributed by atoms with Crippen molar-refractivity contribution in [1.82, 2.24) is 20.9 Å². The van der Waals surface area contributed by atoms with Crippen LogP contribution in [-0.4, -0.2) is 66.7 Å². The maximum atomic E-state index is 11.6. The van der Waals surface area contributed by atoms with Crippen LogP contribution in [0.1, 0.15) is 13.3 Å². The van der Waals surface area contributed by atoms with E-state index >= 15 is 0 Å². The number of hydrogen-bond acceptors (Lipinski definition) is 5. The van der Waals surface area contributed by atoms with Crippen molar-refractivity contribution in [2.45, 2.75) is 19.4 Å². The predicted molar refractivity (Wildman–Crippen MR) is 67.7 cm³/mol. The number of piperazine rings is 1. The third-order valence-electron chi connectivity index (χ3n) is 2.77. The molecule has 4 N–H and O–H groups in total. The van der Waals surface area contributed by atoms with Crippen LogP contribution in [0, 0.1) is 0 Å². The molecule has 1 unspecified atom stereocenters. The lowest BCUT2D eigenvalue weighted by atomic mass is 10.2. The van der Waals surface area contributed by atoms with Gasteiger partial charge in [-0.2, -0.15) is 0 Å². The number of carbonyl (C=O) groups is 3. The second-order valence-electron chi connectivity index (χ2n) is 4.33. The van der Waals surface area contributed by atoms with Crippen molar-refractivity contribution < 1.29 is 19.5 Å². The van der Waals surface area contributed by atoms with E-state index < -0.39 is 23.9 Å². The number of carbonyl (C=O) groups excluding carboxylic acids is 2. The van der Waals surface area contributed by atoms with Crippen molar-refractivity contribution in [3.8, 4) is 0 Å². The van der Waals surface area contributed by atoms with E-state index in [2.05, 4.69) is 16.0 Å². The monoisotopic (exact) mass is 272 g/mol. The van der Waals surface area contributed by atoms with Gasteiger partial charge in [0, 0.05) is 26.2 Å². The van der Waals surface area contributed by atoms with Crippen LogP contribution in [0.4, 0.5) is 4.79 Å². The molecule has 1 atom stereocenters. The number of nitrogens with one attached hydrogen (secondary N) is 3. The Labute approximate surface area is 111 Å². The molecular weight excluding hydrogens is 252 g/mol. The molecule has 0 radical (unpaired) electrons. The van der Waals surface area contributed by atoms with Gasteiger partial charge in [0.15, 0.2) is 0 Å². The van der Waals surface area contributed by atoms with Crippen molar-refractivity contribution in [3.05, 3.63) is 0 Å². The summed E-state index contributed by atoms with van der Waals surface area (Å²) in [5.74, 6) is -1.47. The summed E-state index contributed by atoms with van der Waals surface area (Å²) in [5.41, 5.74) is 0. The highest BCUT2D eigenvalue weighted by Crippen LogP contribution is 2.02. The minimum Gasteiger partial charge on any atom is -0.480 e. The van der Waals surface area contributed by atoms with Crippen LogP contribution < -0.4 is 16.0 Å². The summed E-state index contributed by atoms with van der Waals surface area (Å²) in [6, 6.07) is -1.29. The van der Waals surface area contributed by atoms with Crippen LogP contribution in [-0.2, 0) is 9.59 Å². The van der Waals surface area contributed by atoms with Gasteiger partial charge in [-0.1, -0.05) is 6.92 Å². The maximum Gasteiger partial charge on any atom is 0.322 e. The Morgan fingerprint density at radius 2 is 2.16 bits per heavy atom. The topological polar surface area (TPSA) is 111 Å². The molecule has 1 aliphatic heterocycles. The normalized spacial score (nSPS) is 19.7. The number of carboxylic acid groups (broad SMARTS) is 1. The molecule has 0 aromatic rings. The molecule has 1 heterocycles.